The number of benzene rings is 1. The van der Waals surface area contributed by atoms with E-state index in [1.54, 1.807) is 24.3 Å². The maximum atomic E-state index is 12.3. The molecule has 1 atom stereocenters. The van der Waals surface area contributed by atoms with Gasteiger partial charge in [-0.25, -0.2) is 0 Å². The average Bonchev–Trinajstić information content (AvgIpc) is 2.96. The number of nitrogens with one attached hydrogen (secondary N) is 1. The number of amides is 1. The summed E-state index contributed by atoms with van der Waals surface area (Å²) < 4.78 is 5.26. The van der Waals surface area contributed by atoms with Gasteiger partial charge >= 0.3 is 5.97 Å². The van der Waals surface area contributed by atoms with Crippen LogP contribution in [0.25, 0.3) is 11.5 Å². The van der Waals surface area contributed by atoms with Crippen molar-refractivity contribution < 1.29 is 19.2 Å². The predicted octanol–water partition coefficient (Wildman–Crippen LogP) is 2.24. The Bertz CT molecular complexity index is 731. The van der Waals surface area contributed by atoms with Gasteiger partial charge in [0, 0.05) is 5.41 Å². The van der Waals surface area contributed by atoms with Crippen LogP contribution in [0.5, 0.6) is 0 Å². The number of hydrogen-bond donors (Lipinski definition) is 2. The van der Waals surface area contributed by atoms with E-state index in [2.05, 4.69) is 15.5 Å². The Hall–Kier alpha value is -2.70. The molecular weight excluding hydrogens is 298 g/mol. The third kappa shape index (κ3) is 3.74. The summed E-state index contributed by atoms with van der Waals surface area (Å²) in [5, 5.41) is 15.3. The molecule has 1 aromatic heterocycles. The second kappa shape index (κ2) is 6.20. The Balaban J connectivity index is 2.36. The number of carboxylic acid groups (broad SMARTS) is 1. The van der Waals surface area contributed by atoms with Gasteiger partial charge in [0.2, 0.25) is 0 Å². The summed E-state index contributed by atoms with van der Waals surface area (Å²) in [5.41, 5.74) is 0.465. The maximum Gasteiger partial charge on any atom is 0.325 e. The molecule has 0 saturated heterocycles. The smallest absolute Gasteiger partial charge is 0.325 e. The topological polar surface area (TPSA) is 105 Å². The highest BCUT2D eigenvalue weighted by atomic mass is 16.5. The van der Waals surface area contributed by atoms with Crippen molar-refractivity contribution in [2.75, 3.05) is 0 Å². The van der Waals surface area contributed by atoms with Crippen LogP contribution < -0.4 is 5.32 Å². The van der Waals surface area contributed by atoms with Crippen LogP contribution in [-0.2, 0) is 10.2 Å². The summed E-state index contributed by atoms with van der Waals surface area (Å²) in [6.07, 6.45) is 0. The van der Waals surface area contributed by atoms with Gasteiger partial charge < -0.3 is 14.9 Å². The zero-order valence-electron chi connectivity index (χ0n) is 13.5. The number of carbonyl (C=O) groups is 2. The van der Waals surface area contributed by atoms with Gasteiger partial charge in [0.15, 0.2) is 5.82 Å². The highest BCUT2D eigenvalue weighted by Gasteiger charge is 2.24. The molecule has 0 aliphatic heterocycles. The molecule has 1 amide bonds. The molecule has 7 heteroatoms. The summed E-state index contributed by atoms with van der Waals surface area (Å²) in [6, 6.07) is 5.70. The number of aromatic nitrogens is 2. The number of hydrogen-bond acceptors (Lipinski definition) is 5. The summed E-state index contributed by atoms with van der Waals surface area (Å²) >= 11 is 0. The van der Waals surface area contributed by atoms with Crippen LogP contribution in [0, 0.1) is 0 Å². The first-order valence-electron chi connectivity index (χ1n) is 7.17. The molecule has 2 rings (SSSR count). The molecule has 0 aliphatic carbocycles. The van der Waals surface area contributed by atoms with Gasteiger partial charge in [-0.1, -0.05) is 38.1 Å². The highest BCUT2D eigenvalue weighted by molar-refractivity contribution is 6.01. The van der Waals surface area contributed by atoms with Gasteiger partial charge in [0.25, 0.3) is 11.8 Å². The molecule has 0 aliphatic rings. The van der Waals surface area contributed by atoms with Gasteiger partial charge in [-0.15, -0.1) is 0 Å². The largest absolute Gasteiger partial charge is 0.480 e. The first-order valence-corrected chi connectivity index (χ1v) is 7.17. The van der Waals surface area contributed by atoms with E-state index in [0.29, 0.717) is 11.4 Å². The fourth-order valence-electron chi connectivity index (χ4n) is 1.84. The minimum absolute atomic E-state index is 0.226. The van der Waals surface area contributed by atoms with E-state index in [1.807, 2.05) is 20.8 Å². The Kier molecular flexibility index (Phi) is 4.49. The molecular formula is C16H19N3O4. The molecule has 0 radical (unpaired) electrons. The number of rotatable bonds is 4. The third-order valence-corrected chi connectivity index (χ3v) is 3.22. The number of aliphatic carboxylic acids is 1. The minimum Gasteiger partial charge on any atom is -0.480 e. The van der Waals surface area contributed by atoms with Gasteiger partial charge in [0.05, 0.1) is 11.1 Å². The predicted molar refractivity (Wildman–Crippen MR) is 83.0 cm³/mol. The van der Waals surface area contributed by atoms with Crippen molar-refractivity contribution in [1.82, 2.24) is 15.5 Å². The van der Waals surface area contributed by atoms with Gasteiger partial charge in [-0.2, -0.15) is 4.98 Å². The van der Waals surface area contributed by atoms with Crippen molar-refractivity contribution in [3.63, 3.8) is 0 Å². The van der Waals surface area contributed by atoms with Crippen molar-refractivity contribution in [3.05, 3.63) is 35.7 Å². The zero-order chi connectivity index (χ0) is 17.2. The van der Waals surface area contributed by atoms with Crippen LogP contribution in [0.1, 0.15) is 43.9 Å². The highest BCUT2D eigenvalue weighted by Crippen LogP contribution is 2.26. The monoisotopic (exact) mass is 317 g/mol. The second-order valence-electron chi connectivity index (χ2n) is 6.25. The molecule has 7 nitrogen and oxygen atoms in total. The first-order chi connectivity index (χ1) is 10.7. The lowest BCUT2D eigenvalue weighted by atomic mass is 9.96. The van der Waals surface area contributed by atoms with Crippen LogP contribution in [0.3, 0.4) is 0 Å². The SMILES string of the molecule is CC(NC(=O)c1ccccc1-c1nc(C(C)(C)C)no1)C(=O)O. The lowest BCUT2D eigenvalue weighted by Crippen LogP contribution is -2.38. The van der Waals surface area contributed by atoms with Gasteiger partial charge in [-0.05, 0) is 19.1 Å². The van der Waals surface area contributed by atoms with E-state index in [0.717, 1.165) is 0 Å². The second-order valence-corrected chi connectivity index (χ2v) is 6.25. The summed E-state index contributed by atoms with van der Waals surface area (Å²) in [5.74, 6) is -0.861. The van der Waals surface area contributed by atoms with Crippen LogP contribution in [0.2, 0.25) is 0 Å². The van der Waals surface area contributed by atoms with E-state index in [4.69, 9.17) is 9.63 Å². The minimum atomic E-state index is -1.11. The molecule has 0 bridgehead atoms. The van der Waals surface area contributed by atoms with Crippen molar-refractivity contribution in [3.8, 4) is 11.5 Å². The molecule has 2 N–H and O–H groups in total. The van der Waals surface area contributed by atoms with Crippen LogP contribution in [-0.4, -0.2) is 33.2 Å². The van der Waals surface area contributed by atoms with Gasteiger partial charge in [0.1, 0.15) is 6.04 Å². The third-order valence-electron chi connectivity index (χ3n) is 3.22. The Morgan fingerprint density at radius 2 is 1.91 bits per heavy atom. The van der Waals surface area contributed by atoms with Crippen LogP contribution >= 0.6 is 0 Å². The quantitative estimate of drug-likeness (QED) is 0.896. The standard InChI is InChI=1S/C16H19N3O4/c1-9(14(21)22)17-12(20)10-7-5-6-8-11(10)13-18-15(19-23-13)16(2,3)4/h5-9H,1-4H3,(H,17,20)(H,21,22). The fraction of sp³-hybridized carbons (Fsp3) is 0.375. The average molecular weight is 317 g/mol. The van der Waals surface area contributed by atoms with Crippen molar-refractivity contribution >= 4 is 11.9 Å². The summed E-state index contributed by atoms with van der Waals surface area (Å²) in [7, 11) is 0. The molecule has 23 heavy (non-hydrogen) atoms. The summed E-state index contributed by atoms with van der Waals surface area (Å²) in [6.45, 7) is 7.26. The van der Waals surface area contributed by atoms with Crippen LogP contribution in [0.4, 0.5) is 0 Å². The number of carbonyl (C=O) groups excluding carboxylic acids is 1. The Labute approximate surface area is 133 Å². The van der Waals surface area contributed by atoms with E-state index in [-0.39, 0.29) is 16.9 Å². The fourth-order valence-corrected chi connectivity index (χ4v) is 1.84. The van der Waals surface area contributed by atoms with Crippen molar-refractivity contribution in [2.45, 2.75) is 39.2 Å². The lowest BCUT2D eigenvalue weighted by Gasteiger charge is -2.11. The Morgan fingerprint density at radius 3 is 2.48 bits per heavy atom. The van der Waals surface area contributed by atoms with Crippen molar-refractivity contribution in [1.29, 1.82) is 0 Å². The molecule has 1 aromatic carbocycles. The molecule has 0 saturated carbocycles. The van der Waals surface area contributed by atoms with Crippen LogP contribution in [0.15, 0.2) is 28.8 Å². The molecule has 0 spiro atoms. The van der Waals surface area contributed by atoms with E-state index < -0.39 is 17.9 Å². The normalized spacial score (nSPS) is 12.7. The van der Waals surface area contributed by atoms with Crippen molar-refractivity contribution in [2.24, 2.45) is 0 Å². The van der Waals surface area contributed by atoms with E-state index in [9.17, 15) is 9.59 Å². The zero-order valence-corrected chi connectivity index (χ0v) is 13.5. The first kappa shape index (κ1) is 16.7. The maximum absolute atomic E-state index is 12.3. The van der Waals surface area contributed by atoms with E-state index >= 15 is 0 Å². The van der Waals surface area contributed by atoms with Gasteiger partial charge in [-0.3, -0.25) is 9.59 Å². The molecule has 122 valence electrons. The molecule has 0 fully saturated rings. The molecule has 1 heterocycles. The number of carboxylic acids is 1. The number of nitrogens with zero attached hydrogens (tertiary/aromatic N) is 2. The lowest BCUT2D eigenvalue weighted by molar-refractivity contribution is -0.138. The Morgan fingerprint density at radius 1 is 1.26 bits per heavy atom. The van der Waals surface area contributed by atoms with E-state index in [1.165, 1.54) is 6.92 Å². The summed E-state index contributed by atoms with van der Waals surface area (Å²) in [4.78, 5) is 27.5. The molecule has 2 aromatic rings. The molecule has 1 unspecified atom stereocenters.